The van der Waals surface area contributed by atoms with E-state index < -0.39 is 0 Å². The van der Waals surface area contributed by atoms with Gasteiger partial charge in [-0.05, 0) is 157 Å². The van der Waals surface area contributed by atoms with Gasteiger partial charge in [-0.15, -0.1) is 0 Å². The van der Waals surface area contributed by atoms with Crippen LogP contribution in [0.4, 0.5) is 34.1 Å². The minimum atomic E-state index is -0.0713. The van der Waals surface area contributed by atoms with E-state index in [9.17, 15) is 0 Å². The zero-order valence-electron chi connectivity index (χ0n) is 34.5. The second-order valence-electron chi connectivity index (χ2n) is 18.3. The molecule has 2 aliphatic heterocycles. The molecule has 4 aromatic carbocycles. The molecule has 0 saturated heterocycles. The smallest absolute Gasteiger partial charge is 0.294 e. The van der Waals surface area contributed by atoms with Crippen LogP contribution in [0.3, 0.4) is 0 Å². The van der Waals surface area contributed by atoms with Gasteiger partial charge in [0.1, 0.15) is 0 Å². The van der Waals surface area contributed by atoms with Gasteiger partial charge in [0.2, 0.25) is 0 Å². The summed E-state index contributed by atoms with van der Waals surface area (Å²) in [6.45, 7) is 7.13. The minimum absolute atomic E-state index is 0.0122. The first kappa shape index (κ1) is 34.9. The van der Waals surface area contributed by atoms with Gasteiger partial charge in [0.05, 0.1) is 17.1 Å². The molecule has 0 amide bonds. The molecule has 0 radical (unpaired) electrons. The average molecular weight is 765 g/mol. The third kappa shape index (κ3) is 5.18. The second kappa shape index (κ2) is 13.2. The first-order valence-electron chi connectivity index (χ1n) is 22.1. The van der Waals surface area contributed by atoms with Crippen molar-refractivity contribution in [3.63, 3.8) is 0 Å². The highest BCUT2D eigenvalue weighted by Gasteiger charge is 2.51. The second-order valence-corrected chi connectivity index (χ2v) is 18.3. The summed E-state index contributed by atoms with van der Waals surface area (Å²) in [7, 11) is 0. The summed E-state index contributed by atoms with van der Waals surface area (Å²) in [5.41, 5.74) is 29.3. The monoisotopic (exact) mass is 764 g/mol. The van der Waals surface area contributed by atoms with E-state index in [1.54, 1.807) is 5.56 Å². The molecule has 0 atom stereocenters. The van der Waals surface area contributed by atoms with E-state index in [1.807, 2.05) is 0 Å². The van der Waals surface area contributed by atoms with Gasteiger partial charge in [-0.1, -0.05) is 93.3 Å². The molecule has 59 heavy (non-hydrogen) atoms. The molecule has 4 aliphatic carbocycles. The van der Waals surface area contributed by atoms with Crippen LogP contribution in [0.25, 0.3) is 23.2 Å². The van der Waals surface area contributed by atoms with Crippen molar-refractivity contribution in [1.82, 2.24) is 9.13 Å². The topological polar surface area (TPSA) is 16.3 Å². The van der Waals surface area contributed by atoms with Gasteiger partial charge in [0.15, 0.2) is 0 Å². The fourth-order valence-corrected chi connectivity index (χ4v) is 11.2. The Morgan fingerprint density at radius 2 is 1.19 bits per heavy atom. The Kier molecular flexibility index (Phi) is 7.80. The van der Waals surface area contributed by atoms with E-state index in [-0.39, 0.29) is 12.1 Å². The number of rotatable bonds is 4. The Morgan fingerprint density at radius 3 is 1.80 bits per heavy atom. The first-order chi connectivity index (χ1) is 29.0. The van der Waals surface area contributed by atoms with Gasteiger partial charge in [-0.25, -0.2) is 0 Å². The Hall–Kier alpha value is -6.12. The van der Waals surface area contributed by atoms with Gasteiger partial charge in [-0.3, -0.25) is 0 Å². The summed E-state index contributed by atoms with van der Waals surface area (Å²) in [5, 5.41) is 2.31. The zero-order valence-corrected chi connectivity index (χ0v) is 34.5. The number of allylic oxidation sites excluding steroid dienone is 5. The highest BCUT2D eigenvalue weighted by Crippen LogP contribution is 2.51. The first-order valence-corrected chi connectivity index (χ1v) is 22.1. The predicted octanol–water partition coefficient (Wildman–Crippen LogP) is 9.49. The predicted molar refractivity (Wildman–Crippen MR) is 248 cm³/mol. The molecular weight excluding hydrogens is 715 g/mol. The molecule has 0 N–H and O–H groups in total. The lowest BCUT2D eigenvalue weighted by Gasteiger charge is -2.44. The zero-order chi connectivity index (χ0) is 39.4. The van der Waals surface area contributed by atoms with Crippen LogP contribution in [-0.2, 0) is 31.1 Å². The van der Waals surface area contributed by atoms with E-state index in [2.05, 4.69) is 173 Å². The van der Waals surface area contributed by atoms with Crippen LogP contribution in [0.1, 0.15) is 87.4 Å². The molecular formula is C54H49BN4. The Morgan fingerprint density at radius 1 is 0.610 bits per heavy atom. The Balaban J connectivity index is 1.30. The van der Waals surface area contributed by atoms with Gasteiger partial charge in [0, 0.05) is 56.2 Å². The Bertz CT molecular complexity index is 2990. The third-order valence-electron chi connectivity index (χ3n) is 13.8. The van der Waals surface area contributed by atoms with Gasteiger partial charge in [-0.2, -0.15) is 0 Å². The number of nitrogens with zero attached hydrogens (tertiary/aromatic N) is 4. The molecule has 6 aromatic rings. The largest absolute Gasteiger partial charge is 0.327 e. The molecule has 12 rings (SSSR count). The fraction of sp³-hybridized carbons (Fsp3) is 0.259. The maximum absolute atomic E-state index is 3.77. The quantitative estimate of drug-likeness (QED) is 0.131. The summed E-state index contributed by atoms with van der Waals surface area (Å²) < 4.78 is 5.48. The van der Waals surface area contributed by atoms with Crippen LogP contribution in [0, 0.1) is 0 Å². The van der Waals surface area contributed by atoms with E-state index >= 15 is 0 Å². The van der Waals surface area contributed by atoms with Crippen molar-refractivity contribution < 1.29 is 0 Å². The molecule has 0 spiro atoms. The number of anilines is 6. The summed E-state index contributed by atoms with van der Waals surface area (Å²) >= 11 is 0. The van der Waals surface area contributed by atoms with Gasteiger partial charge < -0.3 is 18.9 Å². The van der Waals surface area contributed by atoms with Gasteiger partial charge >= 0.3 is 0 Å². The van der Waals surface area contributed by atoms with E-state index in [1.165, 1.54) is 110 Å². The number of benzene rings is 4. The van der Waals surface area contributed by atoms with Crippen LogP contribution in [-0.4, -0.2) is 15.8 Å². The highest BCUT2D eigenvalue weighted by molar-refractivity contribution is 7.00. The lowest BCUT2D eigenvalue weighted by molar-refractivity contribution is 0.590. The lowest BCUT2D eigenvalue weighted by Crippen LogP contribution is -2.64. The average Bonchev–Trinajstić information content (AvgIpc) is 3.80. The van der Waals surface area contributed by atoms with Crippen LogP contribution in [0.2, 0.25) is 0 Å². The summed E-state index contributed by atoms with van der Waals surface area (Å²) in [5.74, 6) is 0. The number of hydrogen-bond acceptors (Lipinski definition) is 2. The molecule has 6 aliphatic rings. The molecule has 4 heterocycles. The SMILES string of the molecule is CC(C)(C)c1cc2c3c(c1)N(c1ccccc1)c1c4c(n(C5=CC=CCC5)c1B3c1c(c3c(n1C1=C=C=c5ccccc5=C1)CCCC3)N2c1ccccc1)CCCC4. The molecule has 4 nitrogen and oxygen atoms in total. The third-order valence-corrected chi connectivity index (χ3v) is 13.8. The summed E-state index contributed by atoms with van der Waals surface area (Å²) in [6.07, 6.45) is 20.7. The maximum atomic E-state index is 3.77. The molecule has 2 aromatic heterocycles. The van der Waals surface area contributed by atoms with Crippen molar-refractivity contribution in [3.05, 3.63) is 160 Å². The standard InChI is InChI=1S/C54H49BN4/c1-54(2,3)38-34-47-49-48(35-38)57(40-23-9-5-10-24-40)51-44-28-16-18-30-46(44)59(42-32-31-36-19-13-14-20-37(36)33-42)53(51)55(49)52-50(56(47)39-21-7-4-8-22-39)43-27-15-17-29-45(43)58(52)41-25-11-6-12-26-41/h4-11,13-14,19-25,33-35H,12,15-18,26-30H2,1-3H3. The van der Waals surface area contributed by atoms with Crippen LogP contribution < -0.4 is 36.9 Å². The van der Waals surface area contributed by atoms with Crippen molar-refractivity contribution in [1.29, 1.82) is 0 Å². The van der Waals surface area contributed by atoms with Gasteiger partial charge in [0.25, 0.3) is 6.71 Å². The number of fused-ring (bicyclic) bond motifs is 9. The van der Waals surface area contributed by atoms with Crippen molar-refractivity contribution in [2.75, 3.05) is 9.80 Å². The number of hydrogen-bond donors (Lipinski definition) is 0. The molecule has 0 fully saturated rings. The number of aromatic nitrogens is 2. The van der Waals surface area contributed by atoms with Crippen LogP contribution in [0.15, 0.2) is 121 Å². The van der Waals surface area contributed by atoms with Crippen molar-refractivity contribution >= 4 is 80.7 Å². The normalized spacial score (nSPS) is 17.1. The Labute approximate surface area is 348 Å². The van der Waals surface area contributed by atoms with Crippen molar-refractivity contribution in [2.45, 2.75) is 90.4 Å². The summed E-state index contributed by atoms with van der Waals surface area (Å²) in [6, 6.07) is 36.3. The lowest BCUT2D eigenvalue weighted by atomic mass is 9.36. The highest BCUT2D eigenvalue weighted by atomic mass is 15.2. The van der Waals surface area contributed by atoms with Crippen molar-refractivity contribution in [2.24, 2.45) is 0 Å². The van der Waals surface area contributed by atoms with Crippen molar-refractivity contribution in [3.8, 4) is 0 Å². The molecule has 0 unspecified atom stereocenters. The summed E-state index contributed by atoms with van der Waals surface area (Å²) in [4.78, 5) is 5.37. The van der Waals surface area contributed by atoms with Crippen LogP contribution in [0.5, 0.6) is 0 Å². The van der Waals surface area contributed by atoms with E-state index in [4.69, 9.17) is 0 Å². The maximum Gasteiger partial charge on any atom is 0.294 e. The minimum Gasteiger partial charge on any atom is -0.327 e. The fourth-order valence-electron chi connectivity index (χ4n) is 11.2. The molecule has 0 bridgehead atoms. The van der Waals surface area contributed by atoms with E-state index in [0.717, 1.165) is 49.4 Å². The molecule has 0 saturated carbocycles. The molecule has 5 heteroatoms. The van der Waals surface area contributed by atoms with Crippen LogP contribution >= 0.6 is 0 Å². The number of para-hydroxylation sites is 2. The molecule has 288 valence electrons. The van der Waals surface area contributed by atoms with E-state index in [0.29, 0.717) is 0 Å².